The van der Waals surface area contributed by atoms with Crippen molar-refractivity contribution in [1.82, 2.24) is 0 Å². The molecule has 0 aromatic rings. The van der Waals surface area contributed by atoms with Gasteiger partial charge in [-0.05, 0) is 30.1 Å². The van der Waals surface area contributed by atoms with Crippen LogP contribution in [0.3, 0.4) is 0 Å². The molecule has 0 amide bonds. The van der Waals surface area contributed by atoms with E-state index in [9.17, 15) is 14.7 Å². The molecule has 2 saturated heterocycles. The first-order valence-corrected chi connectivity index (χ1v) is 9.94. The van der Waals surface area contributed by atoms with Crippen LogP contribution in [-0.4, -0.2) is 34.4 Å². The SMILES string of the molecule is CC(C)(C)CC1(C(=O)OC23CC4CC(O)(CC(C2)C(=O)O4)C3)CC1(C)C. The van der Waals surface area contributed by atoms with Crippen LogP contribution >= 0.6 is 0 Å². The van der Waals surface area contributed by atoms with E-state index in [1.54, 1.807) is 0 Å². The lowest BCUT2D eigenvalue weighted by atomic mass is 9.62. The van der Waals surface area contributed by atoms with Crippen molar-refractivity contribution >= 4 is 11.9 Å². The summed E-state index contributed by atoms with van der Waals surface area (Å²) in [4.78, 5) is 25.6. The first-order chi connectivity index (χ1) is 11.8. The molecule has 5 heteroatoms. The highest BCUT2D eigenvalue weighted by atomic mass is 16.6. The predicted molar refractivity (Wildman–Crippen MR) is 95.1 cm³/mol. The summed E-state index contributed by atoms with van der Waals surface area (Å²) in [6.45, 7) is 10.7. The zero-order chi connectivity index (χ0) is 19.2. The molecule has 2 heterocycles. The number of ether oxygens (including phenoxy) is 2. The Morgan fingerprint density at radius 1 is 1.19 bits per heavy atom. The molecule has 5 aliphatic rings. The minimum absolute atomic E-state index is 0.0302. The molecule has 5 fully saturated rings. The molecule has 5 atom stereocenters. The Bertz CT molecular complexity index is 662. The number of esters is 2. The van der Waals surface area contributed by atoms with Gasteiger partial charge in [-0.15, -0.1) is 0 Å². The van der Waals surface area contributed by atoms with E-state index >= 15 is 0 Å². The maximum atomic E-state index is 13.4. The third-order valence-corrected chi connectivity index (χ3v) is 7.17. The number of aliphatic hydroxyl groups is 1. The minimum atomic E-state index is -0.950. The summed E-state index contributed by atoms with van der Waals surface area (Å²) in [5.74, 6) is -0.741. The van der Waals surface area contributed by atoms with Gasteiger partial charge < -0.3 is 14.6 Å². The van der Waals surface area contributed by atoms with E-state index in [-0.39, 0.29) is 34.8 Å². The van der Waals surface area contributed by atoms with Gasteiger partial charge in [0.25, 0.3) is 0 Å². The van der Waals surface area contributed by atoms with Crippen LogP contribution in [0, 0.1) is 22.2 Å². The molecule has 3 saturated carbocycles. The zero-order valence-corrected chi connectivity index (χ0v) is 16.7. The fourth-order valence-corrected chi connectivity index (χ4v) is 6.21. The number of carbonyl (C=O) groups excluding carboxylic acids is 2. The summed E-state index contributed by atoms with van der Waals surface area (Å²) in [6, 6.07) is 0. The topological polar surface area (TPSA) is 72.8 Å². The third-order valence-electron chi connectivity index (χ3n) is 7.17. The van der Waals surface area contributed by atoms with Gasteiger partial charge in [-0.25, -0.2) is 0 Å². The van der Waals surface area contributed by atoms with Crippen LogP contribution in [0.1, 0.15) is 79.6 Å². The Kier molecular flexibility index (Phi) is 3.54. The molecule has 2 aliphatic heterocycles. The minimum Gasteiger partial charge on any atom is -0.462 e. The van der Waals surface area contributed by atoms with Crippen LogP contribution in [0.2, 0.25) is 0 Å². The van der Waals surface area contributed by atoms with Crippen LogP contribution < -0.4 is 0 Å². The molecule has 26 heavy (non-hydrogen) atoms. The quantitative estimate of drug-likeness (QED) is 0.777. The molecular formula is C21H32O5. The number of carbonyl (C=O) groups is 2. The highest BCUT2D eigenvalue weighted by Gasteiger charge is 2.70. The second kappa shape index (κ2) is 5.03. The van der Waals surface area contributed by atoms with Crippen molar-refractivity contribution in [3.63, 3.8) is 0 Å². The van der Waals surface area contributed by atoms with Crippen LogP contribution in [0.25, 0.3) is 0 Å². The molecule has 146 valence electrons. The lowest BCUT2D eigenvalue weighted by molar-refractivity contribution is -0.201. The largest absolute Gasteiger partial charge is 0.462 e. The van der Waals surface area contributed by atoms with Crippen LogP contribution in [-0.2, 0) is 19.1 Å². The molecule has 1 N–H and O–H groups in total. The Labute approximate surface area is 155 Å². The van der Waals surface area contributed by atoms with Gasteiger partial charge in [-0.3, -0.25) is 9.59 Å². The molecule has 0 aromatic carbocycles. The number of fused-ring (bicyclic) bond motifs is 1. The highest BCUT2D eigenvalue weighted by Crippen LogP contribution is 2.69. The highest BCUT2D eigenvalue weighted by molar-refractivity contribution is 5.82. The van der Waals surface area contributed by atoms with E-state index in [2.05, 4.69) is 34.6 Å². The average Bonchev–Trinajstić information content (AvgIpc) is 2.99. The van der Waals surface area contributed by atoms with Gasteiger partial charge in [-0.2, -0.15) is 0 Å². The maximum absolute atomic E-state index is 13.4. The fourth-order valence-electron chi connectivity index (χ4n) is 6.21. The average molecular weight is 364 g/mol. The van der Waals surface area contributed by atoms with Gasteiger partial charge in [-0.1, -0.05) is 34.6 Å². The van der Waals surface area contributed by atoms with E-state index in [1.807, 2.05) is 0 Å². The van der Waals surface area contributed by atoms with Crippen molar-refractivity contribution in [2.24, 2.45) is 22.2 Å². The maximum Gasteiger partial charge on any atom is 0.313 e. The second-order valence-corrected chi connectivity index (χ2v) is 11.4. The molecule has 0 radical (unpaired) electrons. The molecule has 0 aromatic heterocycles. The van der Waals surface area contributed by atoms with Gasteiger partial charge >= 0.3 is 11.9 Å². The smallest absolute Gasteiger partial charge is 0.313 e. The van der Waals surface area contributed by atoms with Crippen molar-refractivity contribution in [2.75, 3.05) is 0 Å². The normalized spacial score (nSPS) is 45.8. The first-order valence-electron chi connectivity index (χ1n) is 9.94. The number of hydrogen-bond acceptors (Lipinski definition) is 5. The van der Waals surface area contributed by atoms with Gasteiger partial charge in [0.1, 0.15) is 11.7 Å². The molecule has 0 spiro atoms. The predicted octanol–water partition coefficient (Wildman–Crippen LogP) is 3.37. The van der Waals surface area contributed by atoms with Gasteiger partial charge in [0.15, 0.2) is 0 Å². The Morgan fingerprint density at radius 2 is 1.85 bits per heavy atom. The van der Waals surface area contributed by atoms with Crippen LogP contribution in [0.15, 0.2) is 0 Å². The van der Waals surface area contributed by atoms with Crippen LogP contribution in [0.5, 0.6) is 0 Å². The van der Waals surface area contributed by atoms with E-state index in [0.717, 1.165) is 12.8 Å². The second-order valence-electron chi connectivity index (χ2n) is 11.4. The molecule has 4 bridgehead atoms. The van der Waals surface area contributed by atoms with Gasteiger partial charge in [0.2, 0.25) is 0 Å². The number of rotatable bonds is 3. The summed E-state index contributed by atoms with van der Waals surface area (Å²) >= 11 is 0. The van der Waals surface area contributed by atoms with Crippen molar-refractivity contribution < 1.29 is 24.2 Å². The van der Waals surface area contributed by atoms with E-state index in [0.29, 0.717) is 32.1 Å². The third kappa shape index (κ3) is 2.78. The number of hydrogen-bond donors (Lipinski definition) is 1. The first kappa shape index (κ1) is 18.3. The summed E-state index contributed by atoms with van der Waals surface area (Å²) in [5.41, 5.74) is -2.21. The van der Waals surface area contributed by atoms with Crippen molar-refractivity contribution in [2.45, 2.75) is 96.9 Å². The van der Waals surface area contributed by atoms with E-state index in [1.165, 1.54) is 0 Å². The van der Waals surface area contributed by atoms with Gasteiger partial charge in [0.05, 0.1) is 16.9 Å². The van der Waals surface area contributed by atoms with E-state index in [4.69, 9.17) is 9.47 Å². The molecule has 5 rings (SSSR count). The Morgan fingerprint density at radius 3 is 2.42 bits per heavy atom. The van der Waals surface area contributed by atoms with Crippen molar-refractivity contribution in [3.05, 3.63) is 0 Å². The van der Waals surface area contributed by atoms with Crippen molar-refractivity contribution in [3.8, 4) is 0 Å². The van der Waals surface area contributed by atoms with E-state index < -0.39 is 16.6 Å². The summed E-state index contributed by atoms with van der Waals surface area (Å²) < 4.78 is 11.8. The summed E-state index contributed by atoms with van der Waals surface area (Å²) in [5, 5.41) is 11.0. The molecule has 3 aliphatic carbocycles. The lowest BCUT2D eigenvalue weighted by Crippen LogP contribution is -2.57. The monoisotopic (exact) mass is 364 g/mol. The molecule has 5 nitrogen and oxygen atoms in total. The van der Waals surface area contributed by atoms with Crippen molar-refractivity contribution in [1.29, 1.82) is 0 Å². The fraction of sp³-hybridized carbons (Fsp3) is 0.905. The molecule has 5 unspecified atom stereocenters. The lowest BCUT2D eigenvalue weighted by Gasteiger charge is -2.50. The standard InChI is InChI=1S/C21H32O5/c1-17(2,3)10-21(11-18(21,4)5)16(23)26-20-7-13-6-19(24,12-20)8-14(9-20)25-15(13)22/h13-14,24H,6-12H2,1-5H3. The Hall–Kier alpha value is -1.10. The van der Waals surface area contributed by atoms with Crippen LogP contribution in [0.4, 0.5) is 0 Å². The Balaban J connectivity index is 1.60. The molecular weight excluding hydrogens is 332 g/mol. The zero-order valence-electron chi connectivity index (χ0n) is 16.7. The summed E-state index contributed by atoms with van der Waals surface area (Å²) in [7, 11) is 0. The summed E-state index contributed by atoms with van der Waals surface area (Å²) in [6.07, 6.45) is 3.62. The van der Waals surface area contributed by atoms with Gasteiger partial charge in [0, 0.05) is 25.7 Å².